The van der Waals surface area contributed by atoms with Crippen molar-refractivity contribution in [2.75, 3.05) is 5.73 Å². The van der Waals surface area contributed by atoms with Gasteiger partial charge in [0.2, 0.25) is 0 Å². The molecule has 0 saturated carbocycles. The van der Waals surface area contributed by atoms with Crippen molar-refractivity contribution in [1.29, 1.82) is 0 Å². The number of nitrogen functional groups attached to an aromatic ring is 1. The largest absolute Gasteiger partial charge is 0.573 e. The molecule has 0 atom stereocenters. The Morgan fingerprint density at radius 2 is 2.07 bits per heavy atom. The van der Waals surface area contributed by atoms with Crippen LogP contribution in [0.15, 0.2) is 10.9 Å². The van der Waals surface area contributed by atoms with Crippen LogP contribution >= 0.6 is 0 Å². The molecule has 0 aliphatic carbocycles. The van der Waals surface area contributed by atoms with Crippen molar-refractivity contribution in [3.8, 4) is 5.75 Å². The molecule has 0 unspecified atom stereocenters. The molecule has 0 amide bonds. The summed E-state index contributed by atoms with van der Waals surface area (Å²) in [4.78, 5) is 13.1. The Balaban J connectivity index is 3.22. The van der Waals surface area contributed by atoms with Crippen LogP contribution in [0.25, 0.3) is 0 Å². The van der Waals surface area contributed by atoms with E-state index in [1.54, 1.807) is 0 Å². The van der Waals surface area contributed by atoms with E-state index in [1.807, 2.05) is 4.98 Å². The molecule has 1 aromatic heterocycles. The lowest BCUT2D eigenvalue weighted by Gasteiger charge is -2.11. The van der Waals surface area contributed by atoms with Crippen LogP contribution < -0.4 is 21.8 Å². The molecule has 0 aliphatic heterocycles. The smallest absolute Gasteiger partial charge is 0.400 e. The van der Waals surface area contributed by atoms with Crippen LogP contribution in [0.2, 0.25) is 0 Å². The maximum Gasteiger partial charge on any atom is 0.573 e. The second-order valence-corrected chi connectivity index (χ2v) is 2.66. The number of rotatable bonds is 2. The van der Waals surface area contributed by atoms with Crippen molar-refractivity contribution >= 4 is 5.82 Å². The summed E-state index contributed by atoms with van der Waals surface area (Å²) >= 11 is 0. The second kappa shape index (κ2) is 3.81. The number of hydrogen-bond donors (Lipinski definition) is 3. The Bertz CT molecular complexity index is 413. The van der Waals surface area contributed by atoms with Crippen molar-refractivity contribution < 1.29 is 17.9 Å². The van der Waals surface area contributed by atoms with E-state index in [-0.39, 0.29) is 17.9 Å². The van der Waals surface area contributed by atoms with Crippen LogP contribution in [0.4, 0.5) is 19.0 Å². The van der Waals surface area contributed by atoms with Gasteiger partial charge in [-0.3, -0.25) is 4.79 Å². The average Bonchev–Trinajstić information content (AvgIpc) is 2.07. The number of aromatic amines is 1. The van der Waals surface area contributed by atoms with Crippen LogP contribution in [0.1, 0.15) is 5.56 Å². The quantitative estimate of drug-likeness (QED) is 0.672. The molecular formula is C7H8F3N3O2. The third-order valence-electron chi connectivity index (χ3n) is 1.52. The summed E-state index contributed by atoms with van der Waals surface area (Å²) in [6, 6.07) is 1.11. The summed E-state index contributed by atoms with van der Waals surface area (Å²) in [5.41, 5.74) is 9.21. The highest BCUT2D eigenvalue weighted by Crippen LogP contribution is 2.23. The molecule has 0 aromatic carbocycles. The van der Waals surface area contributed by atoms with E-state index >= 15 is 0 Å². The van der Waals surface area contributed by atoms with Crippen LogP contribution in [0.5, 0.6) is 5.75 Å². The van der Waals surface area contributed by atoms with Gasteiger partial charge in [-0.1, -0.05) is 0 Å². The third kappa shape index (κ3) is 2.88. The zero-order valence-electron chi connectivity index (χ0n) is 7.39. The van der Waals surface area contributed by atoms with Crippen molar-refractivity contribution in [2.24, 2.45) is 5.73 Å². The van der Waals surface area contributed by atoms with Crippen LogP contribution in [0, 0.1) is 0 Å². The topological polar surface area (TPSA) is 94.1 Å². The summed E-state index contributed by atoms with van der Waals surface area (Å²) in [6.45, 7) is -0.278. The van der Waals surface area contributed by atoms with E-state index in [2.05, 4.69) is 4.74 Å². The first kappa shape index (κ1) is 11.4. The SMILES string of the molecule is NCc1cc(N)[nH]c(=O)c1OC(F)(F)F. The van der Waals surface area contributed by atoms with Gasteiger partial charge < -0.3 is 21.2 Å². The van der Waals surface area contributed by atoms with Gasteiger partial charge in [0.1, 0.15) is 5.82 Å². The molecule has 0 fully saturated rings. The first-order chi connectivity index (χ1) is 6.83. The highest BCUT2D eigenvalue weighted by atomic mass is 19.4. The lowest BCUT2D eigenvalue weighted by Crippen LogP contribution is -2.25. The fraction of sp³-hybridized carbons (Fsp3) is 0.286. The van der Waals surface area contributed by atoms with Gasteiger partial charge in [-0.05, 0) is 6.07 Å². The predicted octanol–water partition coefficient (Wildman–Crippen LogP) is 0.314. The fourth-order valence-electron chi connectivity index (χ4n) is 1.00. The molecule has 15 heavy (non-hydrogen) atoms. The molecule has 1 heterocycles. The fourth-order valence-corrected chi connectivity index (χ4v) is 1.00. The van der Waals surface area contributed by atoms with E-state index in [0.717, 1.165) is 6.07 Å². The van der Waals surface area contributed by atoms with Crippen LogP contribution in [-0.4, -0.2) is 11.3 Å². The Morgan fingerprint density at radius 3 is 2.53 bits per heavy atom. The molecule has 1 rings (SSSR count). The van der Waals surface area contributed by atoms with E-state index in [1.165, 1.54) is 0 Å². The number of nitrogens with two attached hydrogens (primary N) is 2. The zero-order valence-corrected chi connectivity index (χ0v) is 7.39. The lowest BCUT2D eigenvalue weighted by molar-refractivity contribution is -0.275. The Hall–Kier alpha value is -1.70. The van der Waals surface area contributed by atoms with Crippen molar-refractivity contribution in [3.63, 3.8) is 0 Å². The van der Waals surface area contributed by atoms with Crippen molar-refractivity contribution in [3.05, 3.63) is 22.0 Å². The van der Waals surface area contributed by atoms with Gasteiger partial charge in [-0.2, -0.15) is 0 Å². The van der Waals surface area contributed by atoms with E-state index in [0.29, 0.717) is 0 Å². The maximum absolute atomic E-state index is 11.9. The minimum atomic E-state index is -4.94. The Labute approximate surface area is 81.8 Å². The molecule has 8 heteroatoms. The summed E-state index contributed by atoms with van der Waals surface area (Å²) in [5.74, 6) is -0.950. The first-order valence-corrected chi connectivity index (χ1v) is 3.81. The predicted molar refractivity (Wildman–Crippen MR) is 46.0 cm³/mol. The summed E-state index contributed by atoms with van der Waals surface area (Å²) < 4.78 is 39.2. The molecule has 0 spiro atoms. The number of nitrogens with one attached hydrogen (secondary N) is 1. The summed E-state index contributed by atoms with van der Waals surface area (Å²) in [5, 5.41) is 0. The highest BCUT2D eigenvalue weighted by Gasteiger charge is 2.33. The minimum Gasteiger partial charge on any atom is -0.400 e. The number of hydrogen-bond acceptors (Lipinski definition) is 4. The Morgan fingerprint density at radius 1 is 1.47 bits per heavy atom. The molecule has 0 radical (unpaired) electrons. The molecule has 0 saturated heterocycles. The van der Waals surface area contributed by atoms with E-state index in [9.17, 15) is 18.0 Å². The molecular weight excluding hydrogens is 215 g/mol. The highest BCUT2D eigenvalue weighted by molar-refractivity contribution is 5.40. The van der Waals surface area contributed by atoms with E-state index in [4.69, 9.17) is 11.5 Å². The number of alkyl halides is 3. The molecule has 5 nitrogen and oxygen atoms in total. The maximum atomic E-state index is 11.9. The minimum absolute atomic E-state index is 0.0741. The molecule has 0 aliphatic rings. The molecule has 5 N–H and O–H groups in total. The second-order valence-electron chi connectivity index (χ2n) is 2.66. The Kier molecular flexibility index (Phi) is 2.89. The van der Waals surface area contributed by atoms with E-state index < -0.39 is 17.7 Å². The summed E-state index contributed by atoms with van der Waals surface area (Å²) in [7, 11) is 0. The van der Waals surface area contributed by atoms with Gasteiger partial charge in [-0.25, -0.2) is 0 Å². The molecule has 0 bridgehead atoms. The third-order valence-corrected chi connectivity index (χ3v) is 1.52. The van der Waals surface area contributed by atoms with Crippen molar-refractivity contribution in [1.82, 2.24) is 4.98 Å². The van der Waals surface area contributed by atoms with Crippen molar-refractivity contribution in [2.45, 2.75) is 12.9 Å². The molecule has 1 aromatic rings. The zero-order chi connectivity index (χ0) is 11.6. The number of anilines is 1. The number of H-pyrrole nitrogens is 1. The van der Waals surface area contributed by atoms with Gasteiger partial charge >= 0.3 is 6.36 Å². The van der Waals surface area contributed by atoms with Crippen LogP contribution in [0.3, 0.4) is 0 Å². The number of halogens is 3. The van der Waals surface area contributed by atoms with Gasteiger partial charge in [0.05, 0.1) is 0 Å². The van der Waals surface area contributed by atoms with Crippen LogP contribution in [-0.2, 0) is 6.54 Å². The number of pyridine rings is 1. The average molecular weight is 223 g/mol. The summed E-state index contributed by atoms with van der Waals surface area (Å²) in [6.07, 6.45) is -4.94. The monoisotopic (exact) mass is 223 g/mol. The van der Waals surface area contributed by atoms with Gasteiger partial charge in [0.15, 0.2) is 5.75 Å². The van der Waals surface area contributed by atoms with Gasteiger partial charge in [0, 0.05) is 12.1 Å². The van der Waals surface area contributed by atoms with Gasteiger partial charge in [0.25, 0.3) is 5.56 Å². The molecule has 84 valence electrons. The van der Waals surface area contributed by atoms with Gasteiger partial charge in [-0.15, -0.1) is 13.2 Å². The number of aromatic nitrogens is 1. The lowest BCUT2D eigenvalue weighted by atomic mass is 10.2. The normalized spacial score (nSPS) is 11.5. The standard InChI is InChI=1S/C7H8F3N3O2/c8-7(9,10)15-5-3(2-11)1-4(12)13-6(5)14/h1H,2,11H2,(H3,12,13,14). The number of ether oxygens (including phenoxy) is 1. The first-order valence-electron chi connectivity index (χ1n) is 3.81.